The van der Waals surface area contributed by atoms with Gasteiger partial charge in [-0.05, 0) is 72.1 Å². The second-order valence-electron chi connectivity index (χ2n) is 9.99. The number of carbonyl (C=O) groups is 1. The molecule has 0 bridgehead atoms. The number of halogens is 1. The van der Waals surface area contributed by atoms with Gasteiger partial charge in [0.1, 0.15) is 17.7 Å². The van der Waals surface area contributed by atoms with Crippen LogP contribution in [-0.2, 0) is 20.0 Å². The van der Waals surface area contributed by atoms with Gasteiger partial charge in [0.25, 0.3) is 0 Å². The van der Waals surface area contributed by atoms with E-state index in [9.17, 15) is 13.4 Å². The topological polar surface area (TPSA) is 109 Å². The lowest BCUT2D eigenvalue weighted by Crippen LogP contribution is -2.33. The molecular weight excluding hydrogens is 445 g/mol. The molecule has 8 nitrogen and oxygen atoms in total. The average molecular weight is 480 g/mol. The van der Waals surface area contributed by atoms with Gasteiger partial charge in [0.15, 0.2) is 0 Å². The Bertz CT molecular complexity index is 1120. The summed E-state index contributed by atoms with van der Waals surface area (Å²) in [7, 11) is -3.14. The van der Waals surface area contributed by atoms with Crippen molar-refractivity contribution in [2.24, 2.45) is 0 Å². The molecule has 0 aliphatic heterocycles. The third-order valence-electron chi connectivity index (χ3n) is 5.47. The Morgan fingerprint density at radius 2 is 2.00 bits per heavy atom. The van der Waals surface area contributed by atoms with Crippen molar-refractivity contribution in [3.05, 3.63) is 35.8 Å². The van der Waals surface area contributed by atoms with Crippen LogP contribution in [0.25, 0.3) is 0 Å². The first-order valence-electron chi connectivity index (χ1n) is 11.1. The molecular formula is C23H34FN5O3S. The maximum atomic E-state index is 14.5. The van der Waals surface area contributed by atoms with E-state index in [1.54, 1.807) is 6.07 Å². The monoisotopic (exact) mass is 479 g/mol. The summed E-state index contributed by atoms with van der Waals surface area (Å²) in [6, 6.07) is 6.22. The molecule has 1 aromatic carbocycles. The van der Waals surface area contributed by atoms with E-state index in [1.807, 2.05) is 45.4 Å². The van der Waals surface area contributed by atoms with E-state index in [2.05, 4.69) is 10.6 Å². The number of rotatable bonds is 6. The number of amides is 1. The fraction of sp³-hybridized carbons (Fsp3) is 0.565. The van der Waals surface area contributed by atoms with E-state index >= 15 is 0 Å². The first-order valence-corrected chi connectivity index (χ1v) is 13.1. The number of aromatic nitrogens is 2. The Hall–Kier alpha value is -2.62. The molecule has 10 heteroatoms. The molecule has 1 fully saturated rings. The Balaban J connectivity index is 1.80. The van der Waals surface area contributed by atoms with E-state index in [1.165, 1.54) is 18.4 Å². The van der Waals surface area contributed by atoms with Gasteiger partial charge in [-0.2, -0.15) is 5.10 Å². The van der Waals surface area contributed by atoms with Crippen molar-refractivity contribution in [2.45, 2.75) is 82.4 Å². The number of hydrogen-bond donors (Lipinski definition) is 3. The summed E-state index contributed by atoms with van der Waals surface area (Å²) in [5, 5.41) is 10.8. The first-order chi connectivity index (χ1) is 15.2. The van der Waals surface area contributed by atoms with Gasteiger partial charge in [0.2, 0.25) is 0 Å². The molecule has 1 aromatic heterocycles. The van der Waals surface area contributed by atoms with Crippen molar-refractivity contribution in [1.82, 2.24) is 15.1 Å². The molecule has 1 unspecified atom stereocenters. The third kappa shape index (κ3) is 6.25. The minimum atomic E-state index is -3.14. The number of nitrogens with zero attached hydrogens (tertiary/aromatic N) is 2. The summed E-state index contributed by atoms with van der Waals surface area (Å²) in [6.45, 7) is 9.86. The Labute approximate surface area is 195 Å². The number of nitrogens with one attached hydrogen (secondary N) is 3. The van der Waals surface area contributed by atoms with Crippen molar-refractivity contribution >= 4 is 27.3 Å². The zero-order chi connectivity index (χ0) is 24.6. The van der Waals surface area contributed by atoms with Crippen molar-refractivity contribution in [1.29, 1.82) is 4.78 Å². The molecule has 1 amide bonds. The molecule has 0 radical (unpaired) electrons. The predicted octanol–water partition coefficient (Wildman–Crippen LogP) is 5.33. The standard InChI is InChI=1S/C23H34FN5O3S/c1-14(2)26-22(30)32-17-9-7-15(11-17)19-13-21(29(28-19)23(3,4)5)27-16-8-10-20(18(24)12-16)33(6,25)31/h8,10,12-15,17,25,27H,7,9,11H2,1-6H3,(H,26,30)/t15-,17+,33?/m0/s1. The van der Waals surface area contributed by atoms with Gasteiger partial charge in [-0.3, -0.25) is 0 Å². The lowest BCUT2D eigenvalue weighted by atomic mass is 10.0. The van der Waals surface area contributed by atoms with Gasteiger partial charge in [-0.15, -0.1) is 0 Å². The van der Waals surface area contributed by atoms with Crippen LogP contribution in [0.5, 0.6) is 0 Å². The highest BCUT2D eigenvalue weighted by Gasteiger charge is 2.32. The van der Waals surface area contributed by atoms with Crippen LogP contribution in [0.4, 0.5) is 20.7 Å². The number of ether oxygens (including phenoxy) is 1. The number of benzene rings is 1. The largest absolute Gasteiger partial charge is 0.446 e. The zero-order valence-corrected chi connectivity index (χ0v) is 20.9. The minimum absolute atomic E-state index is 0.0228. The highest BCUT2D eigenvalue weighted by molar-refractivity contribution is 7.91. The summed E-state index contributed by atoms with van der Waals surface area (Å²) in [6.07, 6.45) is 2.98. The lowest BCUT2D eigenvalue weighted by Gasteiger charge is -2.23. The number of alkyl carbamates (subject to hydrolysis) is 1. The molecule has 1 aliphatic rings. The second-order valence-corrected chi connectivity index (χ2v) is 12.1. The van der Waals surface area contributed by atoms with Gasteiger partial charge >= 0.3 is 6.09 Å². The summed E-state index contributed by atoms with van der Waals surface area (Å²) in [4.78, 5) is 11.8. The molecule has 3 rings (SSSR count). The third-order valence-corrected chi connectivity index (χ3v) is 6.64. The van der Waals surface area contributed by atoms with E-state index in [0.717, 1.165) is 18.5 Å². The second kappa shape index (κ2) is 9.32. The van der Waals surface area contributed by atoms with Crippen LogP contribution in [-0.4, -0.2) is 38.5 Å². The quantitative estimate of drug-likeness (QED) is 0.519. The van der Waals surface area contributed by atoms with Gasteiger partial charge in [-0.1, -0.05) is 0 Å². The molecule has 33 heavy (non-hydrogen) atoms. The predicted molar refractivity (Wildman–Crippen MR) is 127 cm³/mol. The fourth-order valence-corrected chi connectivity index (χ4v) is 4.74. The Morgan fingerprint density at radius 3 is 2.58 bits per heavy atom. The van der Waals surface area contributed by atoms with Gasteiger partial charge < -0.3 is 15.4 Å². The maximum absolute atomic E-state index is 14.5. The average Bonchev–Trinajstić information content (AvgIpc) is 3.26. The highest BCUT2D eigenvalue weighted by Crippen LogP contribution is 2.38. The van der Waals surface area contributed by atoms with Gasteiger partial charge in [-0.25, -0.2) is 22.9 Å². The van der Waals surface area contributed by atoms with Gasteiger partial charge in [0, 0.05) is 30.0 Å². The summed E-state index contributed by atoms with van der Waals surface area (Å²) in [5.74, 6) is 0.174. The molecule has 1 heterocycles. The Kier molecular flexibility index (Phi) is 7.07. The molecule has 3 atom stereocenters. The summed E-state index contributed by atoms with van der Waals surface area (Å²) in [5.41, 5.74) is 1.04. The smallest absolute Gasteiger partial charge is 0.407 e. The molecule has 0 spiro atoms. The molecule has 0 saturated heterocycles. The van der Waals surface area contributed by atoms with Crippen LogP contribution < -0.4 is 10.6 Å². The normalized spacial score (nSPS) is 20.5. The van der Waals surface area contributed by atoms with E-state index in [4.69, 9.17) is 14.6 Å². The van der Waals surface area contributed by atoms with Crippen LogP contribution in [0.1, 0.15) is 65.5 Å². The SMILES string of the molecule is CC(C)NC(=O)O[C@@H]1CC[C@H](c2cc(Nc3ccc(S(C)(=N)=O)c(F)c3)n(C(C)(C)C)n2)C1. The molecule has 182 valence electrons. The molecule has 1 aliphatic carbocycles. The molecule has 3 N–H and O–H groups in total. The fourth-order valence-electron chi connectivity index (χ4n) is 3.98. The number of hydrogen-bond acceptors (Lipinski definition) is 6. The van der Waals surface area contributed by atoms with E-state index in [0.29, 0.717) is 17.9 Å². The van der Waals surface area contributed by atoms with Crippen LogP contribution >= 0.6 is 0 Å². The number of anilines is 2. The Morgan fingerprint density at radius 1 is 1.30 bits per heavy atom. The maximum Gasteiger partial charge on any atom is 0.407 e. The lowest BCUT2D eigenvalue weighted by molar-refractivity contribution is 0.0981. The zero-order valence-electron chi connectivity index (χ0n) is 20.1. The van der Waals surface area contributed by atoms with Crippen molar-refractivity contribution in [3.63, 3.8) is 0 Å². The molecule has 2 aromatic rings. The summed E-state index contributed by atoms with van der Waals surface area (Å²) >= 11 is 0. The first kappa shape index (κ1) is 25.0. The minimum Gasteiger partial charge on any atom is -0.446 e. The van der Waals surface area contributed by atoms with E-state index in [-0.39, 0.29) is 28.5 Å². The van der Waals surface area contributed by atoms with Crippen LogP contribution in [0.3, 0.4) is 0 Å². The number of carbonyl (C=O) groups excluding carboxylic acids is 1. The van der Waals surface area contributed by atoms with E-state index < -0.39 is 21.6 Å². The van der Waals surface area contributed by atoms with Crippen molar-refractivity contribution < 1.29 is 18.1 Å². The van der Waals surface area contributed by atoms with Crippen molar-refractivity contribution in [2.75, 3.05) is 11.6 Å². The molecule has 1 saturated carbocycles. The summed E-state index contributed by atoms with van der Waals surface area (Å²) < 4.78 is 41.4. The van der Waals surface area contributed by atoms with Crippen LogP contribution in [0.2, 0.25) is 0 Å². The van der Waals surface area contributed by atoms with Crippen LogP contribution in [0, 0.1) is 10.6 Å². The van der Waals surface area contributed by atoms with Gasteiger partial charge in [0.05, 0.1) is 25.9 Å². The van der Waals surface area contributed by atoms with Crippen LogP contribution in [0.15, 0.2) is 29.2 Å². The van der Waals surface area contributed by atoms with Crippen molar-refractivity contribution in [3.8, 4) is 0 Å². The highest BCUT2D eigenvalue weighted by atomic mass is 32.2.